The third-order valence-corrected chi connectivity index (χ3v) is 2.96. The number of ether oxygens (including phenoxy) is 2. The number of alkyl halides is 1. The van der Waals surface area contributed by atoms with E-state index in [0.717, 1.165) is 18.4 Å². The Morgan fingerprint density at radius 3 is 2.59 bits per heavy atom. The average Bonchev–Trinajstić information content (AvgIpc) is 2.35. The van der Waals surface area contributed by atoms with Crippen molar-refractivity contribution in [2.24, 2.45) is 0 Å². The first kappa shape index (κ1) is 14.5. The Bertz CT molecular complexity index is 328. The van der Waals surface area contributed by atoms with Gasteiger partial charge in [0, 0.05) is 16.7 Å². The molecular weight excluding hydrogens is 259 g/mol. The van der Waals surface area contributed by atoms with Gasteiger partial charge in [-0.05, 0) is 12.5 Å². The van der Waals surface area contributed by atoms with Gasteiger partial charge in [-0.15, -0.1) is 11.6 Å². The van der Waals surface area contributed by atoms with Crippen molar-refractivity contribution in [3.8, 4) is 11.5 Å². The molecular formula is C13H18Cl2O2. The van der Waals surface area contributed by atoms with Crippen molar-refractivity contribution < 1.29 is 9.47 Å². The van der Waals surface area contributed by atoms with Gasteiger partial charge in [-0.25, -0.2) is 0 Å². The van der Waals surface area contributed by atoms with Gasteiger partial charge in [-0.2, -0.15) is 0 Å². The Hall–Kier alpha value is -0.600. The highest BCUT2D eigenvalue weighted by molar-refractivity contribution is 6.31. The van der Waals surface area contributed by atoms with Crippen molar-refractivity contribution in [1.29, 1.82) is 0 Å². The molecule has 0 aliphatic carbocycles. The van der Waals surface area contributed by atoms with Crippen LogP contribution in [0.3, 0.4) is 0 Å². The largest absolute Gasteiger partial charge is 0.493 e. The van der Waals surface area contributed by atoms with E-state index < -0.39 is 0 Å². The quantitative estimate of drug-likeness (QED) is 0.533. The zero-order valence-electron chi connectivity index (χ0n) is 10.3. The molecule has 0 amide bonds. The normalized spacial score (nSPS) is 10.4. The van der Waals surface area contributed by atoms with Gasteiger partial charge in [0.1, 0.15) is 0 Å². The van der Waals surface area contributed by atoms with E-state index >= 15 is 0 Å². The molecule has 0 radical (unpaired) electrons. The Balaban J connectivity index is 2.79. The molecule has 0 atom stereocenters. The van der Waals surface area contributed by atoms with Crippen LogP contribution in [0.2, 0.25) is 5.02 Å². The van der Waals surface area contributed by atoms with Crippen LogP contribution in [0.4, 0.5) is 0 Å². The van der Waals surface area contributed by atoms with Crippen LogP contribution < -0.4 is 9.47 Å². The summed E-state index contributed by atoms with van der Waals surface area (Å²) in [6.07, 6.45) is 3.36. The molecule has 2 nitrogen and oxygen atoms in total. The fourth-order valence-corrected chi connectivity index (χ4v) is 1.99. The van der Waals surface area contributed by atoms with E-state index in [2.05, 4.69) is 6.92 Å². The van der Waals surface area contributed by atoms with Crippen molar-refractivity contribution in [3.63, 3.8) is 0 Å². The maximum atomic E-state index is 5.97. The summed E-state index contributed by atoms with van der Waals surface area (Å²) < 4.78 is 11.0. The smallest absolute Gasteiger partial charge is 0.165 e. The van der Waals surface area contributed by atoms with Gasteiger partial charge >= 0.3 is 0 Å². The van der Waals surface area contributed by atoms with Gasteiger partial charge in [-0.1, -0.05) is 31.4 Å². The van der Waals surface area contributed by atoms with Crippen LogP contribution in [0.1, 0.15) is 31.7 Å². The summed E-state index contributed by atoms with van der Waals surface area (Å²) in [5, 5.41) is 0.610. The molecule has 4 heteroatoms. The maximum Gasteiger partial charge on any atom is 0.165 e. The molecule has 0 heterocycles. The number of unbranched alkanes of at least 4 members (excludes halogenated alkanes) is 2. The zero-order valence-corrected chi connectivity index (χ0v) is 11.8. The van der Waals surface area contributed by atoms with Crippen molar-refractivity contribution in [2.75, 3.05) is 13.7 Å². The number of methoxy groups -OCH3 is 1. The second-order valence-electron chi connectivity index (χ2n) is 3.79. The first-order valence-electron chi connectivity index (χ1n) is 5.78. The minimum absolute atomic E-state index is 0.361. The SMILES string of the molecule is CCCCCOc1c(CCl)cc(Cl)cc1OC. The molecule has 96 valence electrons. The summed E-state index contributed by atoms with van der Waals surface area (Å²) in [5.41, 5.74) is 0.868. The first-order valence-corrected chi connectivity index (χ1v) is 6.69. The van der Waals surface area contributed by atoms with E-state index in [1.807, 2.05) is 6.07 Å². The number of benzene rings is 1. The summed E-state index contributed by atoms with van der Waals surface area (Å²) in [7, 11) is 1.60. The molecule has 1 aromatic rings. The van der Waals surface area contributed by atoms with Crippen LogP contribution in [-0.4, -0.2) is 13.7 Å². The second kappa shape index (κ2) is 7.67. The second-order valence-corrected chi connectivity index (χ2v) is 4.49. The number of halogens is 2. The predicted octanol–water partition coefficient (Wildman–Crippen LogP) is 4.66. The highest BCUT2D eigenvalue weighted by Crippen LogP contribution is 2.35. The number of hydrogen-bond donors (Lipinski definition) is 0. The summed E-state index contributed by atoms with van der Waals surface area (Å²) in [4.78, 5) is 0. The lowest BCUT2D eigenvalue weighted by atomic mass is 10.2. The lowest BCUT2D eigenvalue weighted by Gasteiger charge is -2.14. The van der Waals surface area contributed by atoms with E-state index in [9.17, 15) is 0 Å². The van der Waals surface area contributed by atoms with Gasteiger partial charge in [-0.3, -0.25) is 0 Å². The fourth-order valence-electron chi connectivity index (χ4n) is 1.56. The van der Waals surface area contributed by atoms with E-state index in [1.165, 1.54) is 6.42 Å². The van der Waals surface area contributed by atoms with Gasteiger partial charge in [0.25, 0.3) is 0 Å². The summed E-state index contributed by atoms with van der Waals surface area (Å²) >= 11 is 11.8. The van der Waals surface area contributed by atoms with Crippen LogP contribution >= 0.6 is 23.2 Å². The molecule has 0 aromatic heterocycles. The van der Waals surface area contributed by atoms with Gasteiger partial charge in [0.05, 0.1) is 19.6 Å². The Labute approximate surface area is 113 Å². The van der Waals surface area contributed by atoms with E-state index in [-0.39, 0.29) is 0 Å². The third kappa shape index (κ3) is 4.29. The van der Waals surface area contributed by atoms with E-state index in [1.54, 1.807) is 13.2 Å². The first-order chi connectivity index (χ1) is 8.22. The standard InChI is InChI=1S/C13H18Cl2O2/c1-3-4-5-6-17-13-10(9-14)7-11(15)8-12(13)16-2/h7-8H,3-6,9H2,1-2H3. The molecule has 0 saturated carbocycles. The Morgan fingerprint density at radius 1 is 1.24 bits per heavy atom. The highest BCUT2D eigenvalue weighted by Gasteiger charge is 2.11. The lowest BCUT2D eigenvalue weighted by Crippen LogP contribution is -2.02. The molecule has 1 rings (SSSR count). The Morgan fingerprint density at radius 2 is 2.00 bits per heavy atom. The molecule has 0 N–H and O–H groups in total. The predicted molar refractivity (Wildman–Crippen MR) is 72.6 cm³/mol. The summed E-state index contributed by atoms with van der Waals surface area (Å²) in [6, 6.07) is 3.55. The van der Waals surface area contributed by atoms with Crippen LogP contribution in [0.15, 0.2) is 12.1 Å². The van der Waals surface area contributed by atoms with Crippen LogP contribution in [-0.2, 0) is 5.88 Å². The molecule has 0 aliphatic rings. The van der Waals surface area contributed by atoms with Gasteiger partial charge < -0.3 is 9.47 Å². The topological polar surface area (TPSA) is 18.5 Å². The van der Waals surface area contributed by atoms with Crippen LogP contribution in [0.5, 0.6) is 11.5 Å². The van der Waals surface area contributed by atoms with Crippen molar-refractivity contribution in [1.82, 2.24) is 0 Å². The summed E-state index contributed by atoms with van der Waals surface area (Å²) in [5.74, 6) is 1.72. The minimum atomic E-state index is 0.361. The molecule has 0 aliphatic heterocycles. The van der Waals surface area contributed by atoms with Gasteiger partial charge in [0.15, 0.2) is 11.5 Å². The average molecular weight is 277 g/mol. The maximum absolute atomic E-state index is 5.97. The number of hydrogen-bond acceptors (Lipinski definition) is 2. The minimum Gasteiger partial charge on any atom is -0.493 e. The molecule has 1 aromatic carbocycles. The molecule has 0 bridgehead atoms. The molecule has 0 fully saturated rings. The van der Waals surface area contributed by atoms with Crippen molar-refractivity contribution >= 4 is 23.2 Å². The third-order valence-electron chi connectivity index (χ3n) is 2.45. The van der Waals surface area contributed by atoms with E-state index in [0.29, 0.717) is 29.0 Å². The monoisotopic (exact) mass is 276 g/mol. The summed E-state index contributed by atoms with van der Waals surface area (Å²) in [6.45, 7) is 2.84. The highest BCUT2D eigenvalue weighted by atomic mass is 35.5. The molecule has 17 heavy (non-hydrogen) atoms. The van der Waals surface area contributed by atoms with Crippen molar-refractivity contribution in [3.05, 3.63) is 22.7 Å². The van der Waals surface area contributed by atoms with Crippen LogP contribution in [0, 0.1) is 0 Å². The van der Waals surface area contributed by atoms with E-state index in [4.69, 9.17) is 32.7 Å². The fraction of sp³-hybridized carbons (Fsp3) is 0.538. The Kier molecular flexibility index (Phi) is 6.53. The molecule has 0 unspecified atom stereocenters. The molecule has 0 saturated heterocycles. The lowest BCUT2D eigenvalue weighted by molar-refractivity contribution is 0.284. The van der Waals surface area contributed by atoms with Gasteiger partial charge in [0.2, 0.25) is 0 Å². The molecule has 0 spiro atoms. The van der Waals surface area contributed by atoms with Crippen molar-refractivity contribution in [2.45, 2.75) is 32.1 Å². The zero-order chi connectivity index (χ0) is 12.7. The number of rotatable bonds is 7. The van der Waals surface area contributed by atoms with Crippen LogP contribution in [0.25, 0.3) is 0 Å².